The average molecular weight is 278 g/mol. The van der Waals surface area contributed by atoms with Crippen LogP contribution in [-0.4, -0.2) is 62.9 Å². The molecule has 0 spiro atoms. The van der Waals surface area contributed by atoms with E-state index in [4.69, 9.17) is 0 Å². The fourth-order valence-corrected chi connectivity index (χ4v) is 3.47. The van der Waals surface area contributed by atoms with Crippen LogP contribution in [-0.2, 0) is 13.6 Å². The number of carboxylic acid groups (broad SMARTS) is 1. The summed E-state index contributed by atoms with van der Waals surface area (Å²) in [6.07, 6.45) is 5.19. The van der Waals surface area contributed by atoms with E-state index in [1.54, 1.807) is 4.68 Å². The lowest BCUT2D eigenvalue weighted by molar-refractivity contribution is 0.0694. The fraction of sp³-hybridized carbons (Fsp3) is 0.714. The van der Waals surface area contributed by atoms with Crippen molar-refractivity contribution in [2.24, 2.45) is 7.05 Å². The van der Waals surface area contributed by atoms with Crippen molar-refractivity contribution < 1.29 is 9.90 Å². The summed E-state index contributed by atoms with van der Waals surface area (Å²) in [5.74, 6) is -0.884. The number of rotatable bonds is 3. The molecule has 0 aromatic carbocycles. The molecule has 2 fully saturated rings. The Morgan fingerprint density at radius 3 is 3.00 bits per heavy atom. The van der Waals surface area contributed by atoms with Crippen molar-refractivity contribution >= 4 is 5.97 Å². The zero-order chi connectivity index (χ0) is 14.1. The second-order valence-electron chi connectivity index (χ2n) is 5.85. The van der Waals surface area contributed by atoms with Crippen LogP contribution in [0.1, 0.15) is 35.3 Å². The molecular weight excluding hydrogens is 256 g/mol. The van der Waals surface area contributed by atoms with Gasteiger partial charge < -0.3 is 5.11 Å². The second-order valence-corrected chi connectivity index (χ2v) is 5.85. The van der Waals surface area contributed by atoms with Crippen molar-refractivity contribution in [3.8, 4) is 0 Å². The zero-order valence-electron chi connectivity index (χ0n) is 12.0. The molecule has 1 unspecified atom stereocenters. The first-order chi connectivity index (χ1) is 9.65. The largest absolute Gasteiger partial charge is 0.478 e. The van der Waals surface area contributed by atoms with E-state index in [2.05, 4.69) is 14.9 Å². The standard InChI is InChI=1S/C14H22N4O2/c1-16-13(12(8-15-16)14(19)20)10-17-5-3-7-18-6-2-4-11(18)9-17/h8,11H,2-7,9-10H2,1H3,(H,19,20). The Morgan fingerprint density at radius 2 is 2.20 bits per heavy atom. The van der Waals surface area contributed by atoms with E-state index < -0.39 is 5.97 Å². The summed E-state index contributed by atoms with van der Waals surface area (Å²) in [4.78, 5) is 16.2. The first-order valence-electron chi connectivity index (χ1n) is 7.35. The molecule has 3 rings (SSSR count). The number of nitrogens with zero attached hydrogens (tertiary/aromatic N) is 4. The van der Waals surface area contributed by atoms with E-state index in [1.807, 2.05) is 7.05 Å². The predicted octanol–water partition coefficient (Wildman–Crippen LogP) is 0.788. The molecule has 110 valence electrons. The minimum Gasteiger partial charge on any atom is -0.478 e. The summed E-state index contributed by atoms with van der Waals surface area (Å²) in [5, 5.41) is 13.3. The molecule has 3 heterocycles. The highest BCUT2D eigenvalue weighted by Crippen LogP contribution is 2.22. The number of carboxylic acids is 1. The van der Waals surface area contributed by atoms with Crippen LogP contribution in [0.4, 0.5) is 0 Å². The summed E-state index contributed by atoms with van der Waals surface area (Å²) in [6.45, 7) is 5.17. The normalized spacial score (nSPS) is 24.6. The Balaban J connectivity index is 1.74. The molecule has 0 saturated carbocycles. The quantitative estimate of drug-likeness (QED) is 0.885. The topological polar surface area (TPSA) is 61.6 Å². The van der Waals surface area contributed by atoms with Gasteiger partial charge in [0.05, 0.1) is 11.9 Å². The van der Waals surface area contributed by atoms with Gasteiger partial charge in [0.25, 0.3) is 0 Å². The maximum atomic E-state index is 11.2. The Morgan fingerprint density at radius 1 is 1.40 bits per heavy atom. The van der Waals surface area contributed by atoms with E-state index in [0.717, 1.165) is 25.2 Å². The van der Waals surface area contributed by atoms with Crippen LogP contribution in [0.15, 0.2) is 6.20 Å². The molecule has 1 aromatic heterocycles. The van der Waals surface area contributed by atoms with Crippen LogP contribution in [0.3, 0.4) is 0 Å². The van der Waals surface area contributed by atoms with Gasteiger partial charge in [-0.15, -0.1) is 0 Å². The number of aryl methyl sites for hydroxylation is 1. The molecular formula is C14H22N4O2. The molecule has 1 atom stereocenters. The summed E-state index contributed by atoms with van der Waals surface area (Å²) in [5.41, 5.74) is 1.14. The Kier molecular flexibility index (Phi) is 3.76. The maximum Gasteiger partial charge on any atom is 0.339 e. The van der Waals surface area contributed by atoms with Gasteiger partial charge in [-0.1, -0.05) is 0 Å². The molecule has 1 N–H and O–H groups in total. The van der Waals surface area contributed by atoms with E-state index in [-0.39, 0.29) is 0 Å². The number of fused-ring (bicyclic) bond motifs is 1. The first-order valence-corrected chi connectivity index (χ1v) is 7.35. The maximum absolute atomic E-state index is 11.2. The SMILES string of the molecule is Cn1ncc(C(=O)O)c1CN1CCCN2CCCC2C1. The highest BCUT2D eigenvalue weighted by Gasteiger charge is 2.29. The van der Waals surface area contributed by atoms with Gasteiger partial charge in [-0.3, -0.25) is 14.5 Å². The smallest absolute Gasteiger partial charge is 0.339 e. The highest BCUT2D eigenvalue weighted by atomic mass is 16.4. The molecule has 0 bridgehead atoms. The first kappa shape index (κ1) is 13.6. The van der Waals surface area contributed by atoms with Crippen LogP contribution in [0.5, 0.6) is 0 Å². The van der Waals surface area contributed by atoms with Gasteiger partial charge in [-0.25, -0.2) is 4.79 Å². The van der Waals surface area contributed by atoms with Crippen molar-refractivity contribution in [2.45, 2.75) is 31.8 Å². The van der Waals surface area contributed by atoms with Crippen molar-refractivity contribution in [3.05, 3.63) is 17.5 Å². The number of hydrogen-bond donors (Lipinski definition) is 1. The van der Waals surface area contributed by atoms with Gasteiger partial charge in [0.15, 0.2) is 0 Å². The molecule has 2 saturated heterocycles. The molecule has 6 heteroatoms. The van der Waals surface area contributed by atoms with Crippen molar-refractivity contribution in [2.75, 3.05) is 26.2 Å². The van der Waals surface area contributed by atoms with Gasteiger partial charge in [0.1, 0.15) is 5.56 Å². The average Bonchev–Trinajstić information content (AvgIpc) is 2.93. The monoisotopic (exact) mass is 278 g/mol. The minimum absolute atomic E-state index is 0.333. The second kappa shape index (κ2) is 5.54. The van der Waals surface area contributed by atoms with Gasteiger partial charge >= 0.3 is 5.97 Å². The molecule has 0 radical (unpaired) electrons. The number of carbonyl (C=O) groups is 1. The van der Waals surface area contributed by atoms with Crippen LogP contribution in [0.25, 0.3) is 0 Å². The van der Waals surface area contributed by atoms with Crippen molar-refractivity contribution in [1.29, 1.82) is 0 Å². The molecule has 6 nitrogen and oxygen atoms in total. The number of aromatic carboxylic acids is 1. The van der Waals surface area contributed by atoms with Gasteiger partial charge in [0, 0.05) is 26.2 Å². The molecule has 0 amide bonds. The molecule has 2 aliphatic rings. The van der Waals surface area contributed by atoms with E-state index >= 15 is 0 Å². The van der Waals surface area contributed by atoms with Gasteiger partial charge in [-0.05, 0) is 38.9 Å². The van der Waals surface area contributed by atoms with Crippen molar-refractivity contribution in [1.82, 2.24) is 19.6 Å². The zero-order valence-corrected chi connectivity index (χ0v) is 12.0. The molecule has 0 aliphatic carbocycles. The summed E-state index contributed by atoms with van der Waals surface area (Å²) < 4.78 is 1.70. The third-order valence-corrected chi connectivity index (χ3v) is 4.55. The summed E-state index contributed by atoms with van der Waals surface area (Å²) in [6, 6.07) is 0.652. The summed E-state index contributed by atoms with van der Waals surface area (Å²) >= 11 is 0. The lowest BCUT2D eigenvalue weighted by Gasteiger charge is -2.25. The Labute approximate surface area is 119 Å². The number of aromatic nitrogens is 2. The third-order valence-electron chi connectivity index (χ3n) is 4.55. The lowest BCUT2D eigenvalue weighted by atomic mass is 10.2. The van der Waals surface area contributed by atoms with Crippen LogP contribution in [0.2, 0.25) is 0 Å². The molecule has 2 aliphatic heterocycles. The van der Waals surface area contributed by atoms with Gasteiger partial charge in [-0.2, -0.15) is 5.10 Å². The van der Waals surface area contributed by atoms with Gasteiger partial charge in [0.2, 0.25) is 0 Å². The van der Waals surface area contributed by atoms with Crippen LogP contribution < -0.4 is 0 Å². The number of hydrogen-bond acceptors (Lipinski definition) is 4. The molecule has 1 aromatic rings. The Hall–Kier alpha value is -1.40. The fourth-order valence-electron chi connectivity index (χ4n) is 3.47. The minimum atomic E-state index is -0.884. The highest BCUT2D eigenvalue weighted by molar-refractivity contribution is 5.88. The van der Waals surface area contributed by atoms with Crippen LogP contribution in [0, 0.1) is 0 Å². The predicted molar refractivity (Wildman–Crippen MR) is 74.7 cm³/mol. The van der Waals surface area contributed by atoms with E-state index in [9.17, 15) is 9.90 Å². The van der Waals surface area contributed by atoms with E-state index in [1.165, 1.54) is 32.1 Å². The van der Waals surface area contributed by atoms with Crippen molar-refractivity contribution in [3.63, 3.8) is 0 Å². The van der Waals surface area contributed by atoms with E-state index in [0.29, 0.717) is 18.2 Å². The molecule has 20 heavy (non-hydrogen) atoms. The van der Waals surface area contributed by atoms with Crippen LogP contribution >= 0.6 is 0 Å². The Bertz CT molecular complexity index is 499. The lowest BCUT2D eigenvalue weighted by Crippen LogP contribution is -2.36. The summed E-state index contributed by atoms with van der Waals surface area (Å²) in [7, 11) is 1.82. The third kappa shape index (κ3) is 2.58.